The Morgan fingerprint density at radius 2 is 2.03 bits per heavy atom. The van der Waals surface area contributed by atoms with E-state index in [0.29, 0.717) is 17.7 Å². The minimum Gasteiger partial charge on any atom is -0.433 e. The highest BCUT2D eigenvalue weighted by Gasteiger charge is 2.22. The first kappa shape index (κ1) is 22.1. The number of aromatic nitrogens is 4. The molecule has 170 valence electrons. The van der Waals surface area contributed by atoms with Gasteiger partial charge in [-0.1, -0.05) is 0 Å². The van der Waals surface area contributed by atoms with E-state index in [-0.39, 0.29) is 11.9 Å². The van der Waals surface area contributed by atoms with Crippen LogP contribution in [-0.4, -0.2) is 51.3 Å². The van der Waals surface area contributed by atoms with Gasteiger partial charge in [0.05, 0.1) is 24.3 Å². The third kappa shape index (κ3) is 4.85. The molecule has 32 heavy (non-hydrogen) atoms. The van der Waals surface area contributed by atoms with Crippen LogP contribution in [-0.2, 0) is 6.54 Å². The molecule has 1 saturated heterocycles. The summed E-state index contributed by atoms with van der Waals surface area (Å²) in [5.41, 5.74) is 10.3. The summed E-state index contributed by atoms with van der Waals surface area (Å²) < 4.78 is 7.77. The SMILES string of the molecule is CC(C)n1cc(Oc2nc(-c3cc(CN(C)C)cc(N4CCC[C@H]4C)c3)cnc2N)cn1. The van der Waals surface area contributed by atoms with Gasteiger partial charge in [0.1, 0.15) is 0 Å². The van der Waals surface area contributed by atoms with E-state index in [4.69, 9.17) is 15.5 Å². The number of hydrogen-bond donors (Lipinski definition) is 1. The van der Waals surface area contributed by atoms with Gasteiger partial charge >= 0.3 is 0 Å². The summed E-state index contributed by atoms with van der Waals surface area (Å²) in [6.45, 7) is 8.34. The highest BCUT2D eigenvalue weighted by atomic mass is 16.5. The van der Waals surface area contributed by atoms with Crippen molar-refractivity contribution in [3.63, 3.8) is 0 Å². The van der Waals surface area contributed by atoms with Crippen LogP contribution in [0.3, 0.4) is 0 Å². The molecular weight excluding hydrogens is 402 g/mol. The summed E-state index contributed by atoms with van der Waals surface area (Å²) in [5, 5.41) is 4.32. The zero-order valence-electron chi connectivity index (χ0n) is 19.6. The Kier molecular flexibility index (Phi) is 6.32. The minimum absolute atomic E-state index is 0.243. The monoisotopic (exact) mass is 435 g/mol. The molecule has 1 aliphatic heterocycles. The zero-order valence-corrected chi connectivity index (χ0v) is 19.6. The largest absolute Gasteiger partial charge is 0.433 e. The fourth-order valence-electron chi connectivity index (χ4n) is 4.12. The molecule has 0 unspecified atom stereocenters. The van der Waals surface area contributed by atoms with Crippen molar-refractivity contribution in [1.82, 2.24) is 24.6 Å². The molecule has 0 amide bonds. The molecule has 0 saturated carbocycles. The van der Waals surface area contributed by atoms with Crippen LogP contribution in [0, 0.1) is 0 Å². The Hall–Kier alpha value is -3.13. The van der Waals surface area contributed by atoms with Gasteiger partial charge in [0, 0.05) is 36.4 Å². The number of benzene rings is 1. The Labute approximate surface area is 190 Å². The lowest BCUT2D eigenvalue weighted by Gasteiger charge is -2.25. The molecule has 1 aromatic carbocycles. The maximum Gasteiger partial charge on any atom is 0.263 e. The minimum atomic E-state index is 0.243. The van der Waals surface area contributed by atoms with Crippen molar-refractivity contribution < 1.29 is 4.74 Å². The molecule has 0 radical (unpaired) electrons. The maximum absolute atomic E-state index is 6.08. The average Bonchev–Trinajstić information content (AvgIpc) is 3.38. The quantitative estimate of drug-likeness (QED) is 0.591. The molecule has 0 spiro atoms. The van der Waals surface area contributed by atoms with Crippen LogP contribution in [0.5, 0.6) is 11.6 Å². The molecule has 2 aromatic heterocycles. The van der Waals surface area contributed by atoms with Gasteiger partial charge in [-0.2, -0.15) is 5.10 Å². The molecule has 1 aliphatic rings. The summed E-state index contributed by atoms with van der Waals surface area (Å²) >= 11 is 0. The highest BCUT2D eigenvalue weighted by Crippen LogP contribution is 2.33. The highest BCUT2D eigenvalue weighted by molar-refractivity contribution is 5.68. The first-order valence-electron chi connectivity index (χ1n) is 11.2. The van der Waals surface area contributed by atoms with E-state index in [1.807, 2.05) is 10.9 Å². The van der Waals surface area contributed by atoms with Crippen molar-refractivity contribution in [1.29, 1.82) is 0 Å². The Bertz CT molecular complexity index is 1080. The van der Waals surface area contributed by atoms with Gasteiger partial charge in [0.2, 0.25) is 0 Å². The van der Waals surface area contributed by atoms with Crippen molar-refractivity contribution in [2.45, 2.75) is 52.2 Å². The predicted octanol–water partition coefficient (Wildman–Crippen LogP) is 4.35. The van der Waals surface area contributed by atoms with Crippen LogP contribution in [0.2, 0.25) is 0 Å². The first-order valence-corrected chi connectivity index (χ1v) is 11.2. The number of nitrogens with zero attached hydrogens (tertiary/aromatic N) is 6. The smallest absolute Gasteiger partial charge is 0.263 e. The molecule has 1 atom stereocenters. The molecule has 3 heterocycles. The zero-order chi connectivity index (χ0) is 22.8. The van der Waals surface area contributed by atoms with Gasteiger partial charge in [-0.3, -0.25) is 4.68 Å². The summed E-state index contributed by atoms with van der Waals surface area (Å²) in [4.78, 5) is 13.7. The third-order valence-electron chi connectivity index (χ3n) is 5.75. The van der Waals surface area contributed by atoms with Crippen molar-refractivity contribution in [2.24, 2.45) is 0 Å². The number of nitrogen functional groups attached to an aromatic ring is 1. The van der Waals surface area contributed by atoms with Crippen LogP contribution < -0.4 is 15.4 Å². The molecule has 1 fully saturated rings. The topological polar surface area (TPSA) is 85.3 Å². The maximum atomic E-state index is 6.08. The van der Waals surface area contributed by atoms with Crippen LogP contribution >= 0.6 is 0 Å². The van der Waals surface area contributed by atoms with E-state index in [1.165, 1.54) is 24.1 Å². The lowest BCUT2D eigenvalue weighted by atomic mass is 10.1. The van der Waals surface area contributed by atoms with Crippen molar-refractivity contribution >= 4 is 11.5 Å². The fourth-order valence-corrected chi connectivity index (χ4v) is 4.12. The van der Waals surface area contributed by atoms with Crippen LogP contribution in [0.15, 0.2) is 36.8 Å². The van der Waals surface area contributed by atoms with Crippen molar-refractivity contribution in [3.8, 4) is 22.9 Å². The Morgan fingerprint density at radius 3 is 2.69 bits per heavy atom. The van der Waals surface area contributed by atoms with E-state index in [2.05, 4.69) is 72.9 Å². The molecule has 2 N–H and O–H groups in total. The first-order chi connectivity index (χ1) is 15.3. The summed E-state index contributed by atoms with van der Waals surface area (Å²) in [6.07, 6.45) is 7.65. The normalized spacial score (nSPS) is 16.3. The van der Waals surface area contributed by atoms with Gasteiger partial charge in [-0.05, 0) is 71.5 Å². The van der Waals surface area contributed by atoms with Gasteiger partial charge in [0.25, 0.3) is 5.88 Å². The second-order valence-electron chi connectivity index (χ2n) is 9.11. The van der Waals surface area contributed by atoms with E-state index < -0.39 is 0 Å². The molecule has 4 rings (SSSR count). The fraction of sp³-hybridized carbons (Fsp3) is 0.458. The van der Waals surface area contributed by atoms with Crippen LogP contribution in [0.25, 0.3) is 11.3 Å². The van der Waals surface area contributed by atoms with Crippen molar-refractivity contribution in [2.75, 3.05) is 31.3 Å². The van der Waals surface area contributed by atoms with Gasteiger partial charge in [0.15, 0.2) is 11.6 Å². The Morgan fingerprint density at radius 1 is 1.22 bits per heavy atom. The molecule has 3 aromatic rings. The number of rotatable bonds is 7. The number of anilines is 2. The third-order valence-corrected chi connectivity index (χ3v) is 5.75. The Balaban J connectivity index is 1.69. The molecule has 0 bridgehead atoms. The predicted molar refractivity (Wildman–Crippen MR) is 128 cm³/mol. The van der Waals surface area contributed by atoms with Crippen LogP contribution in [0.4, 0.5) is 11.5 Å². The van der Waals surface area contributed by atoms with E-state index >= 15 is 0 Å². The second-order valence-corrected chi connectivity index (χ2v) is 9.11. The van der Waals surface area contributed by atoms with Crippen molar-refractivity contribution in [3.05, 3.63) is 42.4 Å². The van der Waals surface area contributed by atoms with Gasteiger partial charge in [-0.15, -0.1) is 0 Å². The van der Waals surface area contributed by atoms with Gasteiger partial charge < -0.3 is 20.3 Å². The summed E-state index contributed by atoms with van der Waals surface area (Å²) in [6, 6.07) is 7.43. The summed E-state index contributed by atoms with van der Waals surface area (Å²) in [7, 11) is 4.16. The standard InChI is InChI=1S/C24H33N7O/c1-16(2)31-15-21(12-27-31)32-24-23(25)26-13-22(28-24)19-9-18(14-29(4)5)10-20(11-19)30-8-6-7-17(30)3/h9-13,15-17H,6-8,14H2,1-5H3,(H2,25,26)/t17-/m1/s1. The van der Waals surface area contributed by atoms with E-state index in [9.17, 15) is 0 Å². The average molecular weight is 436 g/mol. The number of hydrogen-bond acceptors (Lipinski definition) is 7. The molecule has 8 nitrogen and oxygen atoms in total. The lowest BCUT2D eigenvalue weighted by molar-refractivity contribution is 0.402. The summed E-state index contributed by atoms with van der Waals surface area (Å²) in [5.74, 6) is 1.13. The van der Waals surface area contributed by atoms with E-state index in [0.717, 1.165) is 24.3 Å². The number of ether oxygens (including phenoxy) is 1. The second kappa shape index (κ2) is 9.16. The lowest BCUT2D eigenvalue weighted by Crippen LogP contribution is -2.26. The van der Waals surface area contributed by atoms with Gasteiger partial charge in [-0.25, -0.2) is 9.97 Å². The number of nitrogens with two attached hydrogens (primary N) is 1. The molecule has 8 heteroatoms. The van der Waals surface area contributed by atoms with Crippen LogP contribution in [0.1, 0.15) is 45.2 Å². The molecule has 0 aliphatic carbocycles. The van der Waals surface area contributed by atoms with E-state index in [1.54, 1.807) is 12.4 Å². The molecular formula is C24H33N7O.